The molecule has 0 bridgehead atoms. The molecule has 1 aromatic heterocycles. The predicted molar refractivity (Wildman–Crippen MR) is 84.2 cm³/mol. The van der Waals surface area contributed by atoms with Crippen LogP contribution >= 0.6 is 0 Å². The fourth-order valence-corrected chi connectivity index (χ4v) is 2.24. The molecular weight excluding hydrogens is 280 g/mol. The minimum absolute atomic E-state index is 0.211. The van der Waals surface area contributed by atoms with Gasteiger partial charge in [-0.1, -0.05) is 24.3 Å². The topological polar surface area (TPSA) is 90.0 Å². The number of nitrogens with two attached hydrogens (primary N) is 1. The molecular formula is C16H20N4O2. The third kappa shape index (κ3) is 3.72. The summed E-state index contributed by atoms with van der Waals surface area (Å²) in [6.07, 6.45) is 3.79. The molecule has 0 aliphatic rings. The van der Waals surface area contributed by atoms with Gasteiger partial charge in [0.05, 0.1) is 5.69 Å². The Hall–Kier alpha value is -2.63. The fourth-order valence-electron chi connectivity index (χ4n) is 2.24. The van der Waals surface area contributed by atoms with E-state index in [-0.39, 0.29) is 11.8 Å². The number of carbonyl (C=O) groups is 2. The molecule has 0 spiro atoms. The van der Waals surface area contributed by atoms with Gasteiger partial charge in [0.2, 0.25) is 5.91 Å². The van der Waals surface area contributed by atoms with E-state index in [9.17, 15) is 9.59 Å². The molecule has 0 aliphatic carbocycles. The van der Waals surface area contributed by atoms with E-state index in [2.05, 4.69) is 10.3 Å². The van der Waals surface area contributed by atoms with Crippen molar-refractivity contribution in [2.24, 2.45) is 12.8 Å². The van der Waals surface area contributed by atoms with E-state index in [0.29, 0.717) is 12.2 Å². The Morgan fingerprint density at radius 1 is 1.27 bits per heavy atom. The van der Waals surface area contributed by atoms with Crippen LogP contribution in [0, 0.1) is 0 Å². The second-order valence-corrected chi connectivity index (χ2v) is 5.16. The average molecular weight is 300 g/mol. The molecule has 2 aromatic rings. The van der Waals surface area contributed by atoms with Crippen molar-refractivity contribution < 1.29 is 9.59 Å². The first-order valence-electron chi connectivity index (χ1n) is 7.14. The van der Waals surface area contributed by atoms with Crippen molar-refractivity contribution >= 4 is 11.8 Å². The number of hydrogen-bond acceptors (Lipinski definition) is 3. The number of nitrogens with one attached hydrogen (secondary N) is 1. The Kier molecular flexibility index (Phi) is 4.93. The zero-order valence-electron chi connectivity index (χ0n) is 12.8. The Morgan fingerprint density at radius 2 is 1.95 bits per heavy atom. The van der Waals surface area contributed by atoms with Crippen LogP contribution in [0.2, 0.25) is 0 Å². The highest BCUT2D eigenvalue weighted by Crippen LogP contribution is 2.19. The Bertz CT molecular complexity index is 674. The van der Waals surface area contributed by atoms with E-state index in [1.54, 1.807) is 18.7 Å². The first-order valence-corrected chi connectivity index (χ1v) is 7.14. The van der Waals surface area contributed by atoms with Crippen molar-refractivity contribution in [1.29, 1.82) is 0 Å². The fraction of sp³-hybridized carbons (Fsp3) is 0.312. The predicted octanol–water partition coefficient (Wildman–Crippen LogP) is 1.25. The SMILES string of the molecule is CNC(=O)c1nc(-c2ccc(CCCC(N)=O)cc2)cn1C. The zero-order valence-corrected chi connectivity index (χ0v) is 12.8. The molecule has 1 heterocycles. The number of imidazole rings is 1. The number of primary amides is 1. The van der Waals surface area contributed by atoms with E-state index in [4.69, 9.17) is 5.73 Å². The summed E-state index contributed by atoms with van der Waals surface area (Å²) in [6.45, 7) is 0. The molecule has 6 heteroatoms. The highest BCUT2D eigenvalue weighted by atomic mass is 16.2. The van der Waals surface area contributed by atoms with Gasteiger partial charge in [-0.3, -0.25) is 9.59 Å². The minimum atomic E-state index is -0.271. The van der Waals surface area contributed by atoms with Gasteiger partial charge in [-0.05, 0) is 18.4 Å². The molecule has 3 N–H and O–H groups in total. The zero-order chi connectivity index (χ0) is 16.1. The summed E-state index contributed by atoms with van der Waals surface area (Å²) in [4.78, 5) is 26.8. The van der Waals surface area contributed by atoms with Crippen LogP contribution in [0.25, 0.3) is 11.3 Å². The van der Waals surface area contributed by atoms with Crippen molar-refractivity contribution in [1.82, 2.24) is 14.9 Å². The Labute approximate surface area is 129 Å². The van der Waals surface area contributed by atoms with Crippen molar-refractivity contribution in [3.05, 3.63) is 41.9 Å². The summed E-state index contributed by atoms with van der Waals surface area (Å²) in [5.74, 6) is -0.105. The van der Waals surface area contributed by atoms with Crippen LogP contribution in [0.15, 0.2) is 30.5 Å². The molecule has 0 fully saturated rings. The molecule has 1 aromatic carbocycles. The van der Waals surface area contributed by atoms with Crippen LogP contribution in [-0.4, -0.2) is 28.4 Å². The third-order valence-electron chi connectivity index (χ3n) is 3.44. The summed E-state index contributed by atoms with van der Waals surface area (Å²) in [5, 5.41) is 2.57. The second kappa shape index (κ2) is 6.89. The lowest BCUT2D eigenvalue weighted by atomic mass is 10.0. The number of aryl methyl sites for hydroxylation is 2. The highest BCUT2D eigenvalue weighted by Gasteiger charge is 2.13. The van der Waals surface area contributed by atoms with Crippen molar-refractivity contribution in [3.8, 4) is 11.3 Å². The molecule has 0 aliphatic heterocycles. The van der Waals surface area contributed by atoms with Gasteiger partial charge >= 0.3 is 0 Å². The normalized spacial score (nSPS) is 10.5. The summed E-state index contributed by atoms with van der Waals surface area (Å²) in [6, 6.07) is 7.94. The smallest absolute Gasteiger partial charge is 0.287 e. The number of carbonyl (C=O) groups excluding carboxylic acids is 2. The van der Waals surface area contributed by atoms with E-state index >= 15 is 0 Å². The van der Waals surface area contributed by atoms with Gasteiger partial charge in [-0.15, -0.1) is 0 Å². The van der Waals surface area contributed by atoms with Crippen LogP contribution in [0.5, 0.6) is 0 Å². The van der Waals surface area contributed by atoms with Gasteiger partial charge < -0.3 is 15.6 Å². The molecule has 0 radical (unpaired) electrons. The summed E-state index contributed by atoms with van der Waals surface area (Å²) < 4.78 is 1.70. The number of amides is 2. The van der Waals surface area contributed by atoms with Gasteiger partial charge in [0, 0.05) is 32.3 Å². The monoisotopic (exact) mass is 300 g/mol. The lowest BCUT2D eigenvalue weighted by molar-refractivity contribution is -0.118. The van der Waals surface area contributed by atoms with Crippen molar-refractivity contribution in [3.63, 3.8) is 0 Å². The van der Waals surface area contributed by atoms with E-state index < -0.39 is 0 Å². The van der Waals surface area contributed by atoms with E-state index in [1.807, 2.05) is 30.5 Å². The van der Waals surface area contributed by atoms with Gasteiger partial charge in [0.1, 0.15) is 0 Å². The average Bonchev–Trinajstić information content (AvgIpc) is 2.89. The second-order valence-electron chi connectivity index (χ2n) is 5.16. The molecule has 116 valence electrons. The molecule has 0 saturated carbocycles. The summed E-state index contributed by atoms with van der Waals surface area (Å²) in [5.41, 5.74) is 7.98. The van der Waals surface area contributed by atoms with Crippen LogP contribution < -0.4 is 11.1 Å². The molecule has 0 saturated heterocycles. The molecule has 0 unspecified atom stereocenters. The van der Waals surface area contributed by atoms with Crippen LogP contribution in [-0.2, 0) is 18.3 Å². The lowest BCUT2D eigenvalue weighted by Gasteiger charge is -2.02. The largest absolute Gasteiger partial charge is 0.370 e. The third-order valence-corrected chi connectivity index (χ3v) is 3.44. The van der Waals surface area contributed by atoms with E-state index in [1.165, 1.54) is 0 Å². The number of aromatic nitrogens is 2. The number of hydrogen-bond donors (Lipinski definition) is 2. The molecule has 2 rings (SSSR count). The van der Waals surface area contributed by atoms with Crippen LogP contribution in [0.3, 0.4) is 0 Å². The minimum Gasteiger partial charge on any atom is -0.370 e. The quantitative estimate of drug-likeness (QED) is 0.841. The van der Waals surface area contributed by atoms with Gasteiger partial charge in [0.25, 0.3) is 5.91 Å². The molecule has 22 heavy (non-hydrogen) atoms. The van der Waals surface area contributed by atoms with Crippen LogP contribution in [0.4, 0.5) is 0 Å². The maximum atomic E-state index is 11.7. The maximum absolute atomic E-state index is 11.7. The maximum Gasteiger partial charge on any atom is 0.287 e. The van der Waals surface area contributed by atoms with Crippen LogP contribution in [0.1, 0.15) is 29.0 Å². The van der Waals surface area contributed by atoms with Gasteiger partial charge in [-0.2, -0.15) is 0 Å². The lowest BCUT2D eigenvalue weighted by Crippen LogP contribution is -2.21. The van der Waals surface area contributed by atoms with Gasteiger partial charge in [-0.25, -0.2) is 4.98 Å². The number of rotatable bonds is 6. The van der Waals surface area contributed by atoms with Crippen molar-refractivity contribution in [2.45, 2.75) is 19.3 Å². The first kappa shape index (κ1) is 15.8. The van der Waals surface area contributed by atoms with Crippen molar-refractivity contribution in [2.75, 3.05) is 7.05 Å². The molecule has 2 amide bonds. The first-order chi connectivity index (χ1) is 10.5. The Balaban J connectivity index is 2.10. The summed E-state index contributed by atoms with van der Waals surface area (Å²) >= 11 is 0. The Morgan fingerprint density at radius 3 is 2.55 bits per heavy atom. The standard InChI is InChI=1S/C16H20N4O2/c1-18-16(22)15-19-13(10-20(15)2)12-8-6-11(7-9-12)4-3-5-14(17)21/h6-10H,3-5H2,1-2H3,(H2,17,21)(H,18,22). The highest BCUT2D eigenvalue weighted by molar-refractivity contribution is 5.91. The van der Waals surface area contributed by atoms with Gasteiger partial charge in [0.15, 0.2) is 5.82 Å². The molecule has 6 nitrogen and oxygen atoms in total. The molecule has 0 atom stereocenters. The van der Waals surface area contributed by atoms with E-state index in [0.717, 1.165) is 29.7 Å². The number of benzene rings is 1. The summed E-state index contributed by atoms with van der Waals surface area (Å²) in [7, 11) is 3.37. The number of nitrogens with zero attached hydrogens (tertiary/aromatic N) is 2.